The molecule has 1 N–H and O–H groups in total. The largest absolute Gasteiger partial charge is 0.416 e. The Balaban J connectivity index is 1.39. The molecule has 1 amide bonds. The zero-order valence-electron chi connectivity index (χ0n) is 18.5. The van der Waals surface area contributed by atoms with Crippen molar-refractivity contribution in [2.24, 2.45) is 0 Å². The molecule has 0 aliphatic rings. The summed E-state index contributed by atoms with van der Waals surface area (Å²) >= 11 is 0. The average Bonchev–Trinajstić information content (AvgIpc) is 3.33. The highest BCUT2D eigenvalue weighted by Gasteiger charge is 2.33. The lowest BCUT2D eigenvalue weighted by Crippen LogP contribution is -2.14. The first-order valence-corrected chi connectivity index (χ1v) is 10.4. The molecule has 4 aromatic heterocycles. The summed E-state index contributed by atoms with van der Waals surface area (Å²) in [5.41, 5.74) is -0.397. The lowest BCUT2D eigenvalue weighted by Gasteiger charge is -2.11. The number of Topliss-reactive ketones (excluding diaryl/α,β-unsaturated/α-hetero) is 1. The highest BCUT2D eigenvalue weighted by molar-refractivity contribution is 6.01. The molecule has 0 aromatic carbocycles. The first-order valence-electron chi connectivity index (χ1n) is 10.4. The lowest BCUT2D eigenvalue weighted by atomic mass is 10.1. The van der Waals surface area contributed by atoms with Gasteiger partial charge in [0, 0.05) is 31.3 Å². The maximum atomic E-state index is 13.9. The van der Waals surface area contributed by atoms with Crippen LogP contribution < -0.4 is 5.32 Å². The molecule has 13 heteroatoms. The number of ketones is 1. The number of nitrogens with one attached hydrogen (secondary N) is 1. The van der Waals surface area contributed by atoms with Crippen LogP contribution in [0, 0.1) is 12.9 Å². The maximum Gasteiger partial charge on any atom is 0.416 e. The van der Waals surface area contributed by atoms with Crippen LogP contribution >= 0.6 is 0 Å². The van der Waals surface area contributed by atoms with Crippen molar-refractivity contribution >= 4 is 17.5 Å². The van der Waals surface area contributed by atoms with E-state index in [1.807, 2.05) is 0 Å². The van der Waals surface area contributed by atoms with Gasteiger partial charge in [-0.05, 0) is 36.8 Å². The van der Waals surface area contributed by atoms with Crippen LogP contribution in [0.4, 0.5) is 23.4 Å². The summed E-state index contributed by atoms with van der Waals surface area (Å²) in [6.45, 7) is 1.25. The standard InChI is InChI=1S/C23H16F4N6O3/c1-12-10-29-20(8-15(12)23(25,26)27)32-22(35)19-7-13(33-36-19)4-5-18(34)17-9-16(30-11-31-17)14-3-2-6-28-21(14)24/h2-3,6-11H,4-5H2,1H3,(H,29,32,35). The Hall–Kier alpha value is -4.55. The second-order valence-corrected chi connectivity index (χ2v) is 7.57. The minimum Gasteiger partial charge on any atom is -0.351 e. The molecule has 4 rings (SSSR count). The molecule has 0 radical (unpaired) electrons. The Morgan fingerprint density at radius 2 is 1.89 bits per heavy atom. The minimum atomic E-state index is -4.60. The molecule has 0 bridgehead atoms. The van der Waals surface area contributed by atoms with Crippen LogP contribution in [0.25, 0.3) is 11.3 Å². The second kappa shape index (κ2) is 9.98. The molecule has 0 atom stereocenters. The molecule has 4 heterocycles. The van der Waals surface area contributed by atoms with Gasteiger partial charge in [-0.25, -0.2) is 19.9 Å². The molecule has 36 heavy (non-hydrogen) atoms. The predicted molar refractivity (Wildman–Crippen MR) is 116 cm³/mol. The number of aromatic nitrogens is 5. The molecular formula is C23H16F4N6O3. The van der Waals surface area contributed by atoms with E-state index in [0.29, 0.717) is 0 Å². The van der Waals surface area contributed by atoms with Gasteiger partial charge in [-0.3, -0.25) is 9.59 Å². The zero-order chi connectivity index (χ0) is 25.9. The number of aryl methyl sites for hydroxylation is 2. The predicted octanol–water partition coefficient (Wildman–Crippen LogP) is 4.46. The van der Waals surface area contributed by atoms with Gasteiger partial charge in [0.2, 0.25) is 11.7 Å². The van der Waals surface area contributed by atoms with E-state index in [2.05, 4.69) is 30.4 Å². The van der Waals surface area contributed by atoms with Crippen LogP contribution in [0.1, 0.15) is 44.3 Å². The van der Waals surface area contributed by atoms with Crippen LogP contribution in [0.2, 0.25) is 0 Å². The topological polar surface area (TPSA) is 124 Å². The first kappa shape index (κ1) is 24.6. The normalized spacial score (nSPS) is 11.4. The summed E-state index contributed by atoms with van der Waals surface area (Å²) in [7, 11) is 0. The number of anilines is 1. The maximum absolute atomic E-state index is 13.9. The first-order chi connectivity index (χ1) is 17.1. The molecule has 0 aliphatic heterocycles. The average molecular weight is 500 g/mol. The van der Waals surface area contributed by atoms with Gasteiger partial charge in [0.15, 0.2) is 5.78 Å². The van der Waals surface area contributed by atoms with Crippen LogP contribution in [-0.2, 0) is 12.6 Å². The van der Waals surface area contributed by atoms with E-state index >= 15 is 0 Å². The van der Waals surface area contributed by atoms with Crippen LogP contribution in [0.5, 0.6) is 0 Å². The Morgan fingerprint density at radius 3 is 2.64 bits per heavy atom. The van der Waals surface area contributed by atoms with Crippen LogP contribution in [-0.4, -0.2) is 36.8 Å². The second-order valence-electron chi connectivity index (χ2n) is 7.57. The van der Waals surface area contributed by atoms with Crippen molar-refractivity contribution in [2.45, 2.75) is 25.9 Å². The Bertz CT molecular complexity index is 1440. The van der Waals surface area contributed by atoms with Crippen LogP contribution in [0.15, 0.2) is 53.6 Å². The summed E-state index contributed by atoms with van der Waals surface area (Å²) in [5.74, 6) is -2.57. The summed E-state index contributed by atoms with van der Waals surface area (Å²) in [4.78, 5) is 40.1. The molecule has 4 aromatic rings. The number of nitrogens with zero attached hydrogens (tertiary/aromatic N) is 5. The summed E-state index contributed by atoms with van der Waals surface area (Å²) in [5, 5.41) is 5.94. The van der Waals surface area contributed by atoms with Crippen molar-refractivity contribution in [3.05, 3.63) is 83.3 Å². The fourth-order valence-corrected chi connectivity index (χ4v) is 3.22. The van der Waals surface area contributed by atoms with E-state index in [1.54, 1.807) is 0 Å². The number of carbonyl (C=O) groups excluding carboxylic acids is 2. The van der Waals surface area contributed by atoms with Crippen molar-refractivity contribution < 1.29 is 31.7 Å². The van der Waals surface area contributed by atoms with Gasteiger partial charge in [0.1, 0.15) is 17.8 Å². The third kappa shape index (κ3) is 5.56. The van der Waals surface area contributed by atoms with E-state index < -0.39 is 23.6 Å². The third-order valence-corrected chi connectivity index (χ3v) is 5.03. The molecule has 0 fully saturated rings. The quantitative estimate of drug-likeness (QED) is 0.224. The minimum absolute atomic E-state index is 0.0515. The van der Waals surface area contributed by atoms with E-state index in [1.165, 1.54) is 37.4 Å². The van der Waals surface area contributed by atoms with Gasteiger partial charge in [-0.15, -0.1) is 0 Å². The van der Waals surface area contributed by atoms with Crippen molar-refractivity contribution in [1.29, 1.82) is 0 Å². The van der Waals surface area contributed by atoms with Crippen molar-refractivity contribution in [3.63, 3.8) is 0 Å². The fraction of sp³-hybridized carbons (Fsp3) is 0.174. The monoisotopic (exact) mass is 500 g/mol. The van der Waals surface area contributed by atoms with E-state index in [0.717, 1.165) is 18.6 Å². The smallest absolute Gasteiger partial charge is 0.351 e. The molecule has 0 saturated carbocycles. The SMILES string of the molecule is Cc1cnc(NC(=O)c2cc(CCC(=O)c3cc(-c4cccnc4F)ncn3)no2)cc1C(F)(F)F. The van der Waals surface area contributed by atoms with E-state index in [-0.39, 0.29) is 58.4 Å². The summed E-state index contributed by atoms with van der Waals surface area (Å²) in [6, 6.07) is 6.32. The number of amides is 1. The number of rotatable bonds is 7. The Kier molecular flexibility index (Phi) is 6.81. The van der Waals surface area contributed by atoms with Gasteiger partial charge in [0.25, 0.3) is 5.91 Å². The van der Waals surface area contributed by atoms with E-state index in [4.69, 9.17) is 4.52 Å². The van der Waals surface area contributed by atoms with Crippen molar-refractivity contribution in [2.75, 3.05) is 5.32 Å². The zero-order valence-corrected chi connectivity index (χ0v) is 18.5. The van der Waals surface area contributed by atoms with Gasteiger partial charge in [0.05, 0.1) is 22.5 Å². The molecule has 0 spiro atoms. The molecule has 0 saturated heterocycles. The number of halogens is 4. The van der Waals surface area contributed by atoms with Crippen LogP contribution in [0.3, 0.4) is 0 Å². The van der Waals surface area contributed by atoms with Gasteiger partial charge >= 0.3 is 6.18 Å². The fourth-order valence-electron chi connectivity index (χ4n) is 3.22. The summed E-state index contributed by atoms with van der Waals surface area (Å²) < 4.78 is 58.1. The molecule has 9 nitrogen and oxygen atoms in total. The molecule has 0 aliphatic carbocycles. The Morgan fingerprint density at radius 1 is 1.08 bits per heavy atom. The van der Waals surface area contributed by atoms with Crippen molar-refractivity contribution in [1.82, 2.24) is 25.1 Å². The number of pyridine rings is 2. The number of hydrogen-bond donors (Lipinski definition) is 1. The van der Waals surface area contributed by atoms with Crippen molar-refractivity contribution in [3.8, 4) is 11.3 Å². The third-order valence-electron chi connectivity index (χ3n) is 5.03. The summed E-state index contributed by atoms with van der Waals surface area (Å²) in [6.07, 6.45) is -1.16. The molecular weight excluding hydrogens is 484 g/mol. The van der Waals surface area contributed by atoms with Gasteiger partial charge < -0.3 is 9.84 Å². The number of hydrogen-bond acceptors (Lipinski definition) is 8. The lowest BCUT2D eigenvalue weighted by molar-refractivity contribution is -0.138. The van der Waals surface area contributed by atoms with E-state index in [9.17, 15) is 27.2 Å². The highest BCUT2D eigenvalue weighted by atomic mass is 19.4. The number of alkyl halides is 3. The number of carbonyl (C=O) groups is 2. The molecule has 184 valence electrons. The highest BCUT2D eigenvalue weighted by Crippen LogP contribution is 2.32. The molecule has 0 unspecified atom stereocenters. The Labute approximate surface area is 200 Å². The van der Waals surface area contributed by atoms with Gasteiger partial charge in [-0.1, -0.05) is 5.16 Å². The van der Waals surface area contributed by atoms with Gasteiger partial charge in [-0.2, -0.15) is 17.6 Å².